The first-order valence-corrected chi connectivity index (χ1v) is 6.26. The van der Waals surface area contributed by atoms with E-state index in [9.17, 15) is 0 Å². The zero-order chi connectivity index (χ0) is 12.4. The van der Waals surface area contributed by atoms with Crippen LogP contribution in [0.15, 0.2) is 22.8 Å². The van der Waals surface area contributed by atoms with Crippen molar-refractivity contribution in [3.05, 3.63) is 33.9 Å². The summed E-state index contributed by atoms with van der Waals surface area (Å²) in [5.41, 5.74) is 2.79. The molecule has 0 unspecified atom stereocenters. The van der Waals surface area contributed by atoms with Gasteiger partial charge in [-0.15, -0.1) is 0 Å². The van der Waals surface area contributed by atoms with Crippen molar-refractivity contribution in [2.24, 2.45) is 0 Å². The van der Waals surface area contributed by atoms with Crippen LogP contribution in [0.1, 0.15) is 17.5 Å². The number of halogens is 1. The van der Waals surface area contributed by atoms with Gasteiger partial charge >= 0.3 is 0 Å². The lowest BCUT2D eigenvalue weighted by atomic mass is 10.1. The maximum Gasteiger partial charge on any atom is 0.0994 e. The van der Waals surface area contributed by atoms with Gasteiger partial charge in [0.1, 0.15) is 0 Å². The molecule has 2 rings (SSSR count). The predicted molar refractivity (Wildman–Crippen MR) is 70.8 cm³/mol. The maximum atomic E-state index is 9.01. The van der Waals surface area contributed by atoms with Crippen LogP contribution in [-0.2, 0) is 6.54 Å². The van der Waals surface area contributed by atoms with E-state index < -0.39 is 0 Å². The van der Waals surface area contributed by atoms with E-state index in [1.54, 1.807) is 0 Å². The third kappa shape index (κ3) is 2.21. The highest BCUT2D eigenvalue weighted by atomic mass is 79.9. The molecule has 4 heteroatoms. The smallest absolute Gasteiger partial charge is 0.0994 e. The van der Waals surface area contributed by atoms with Crippen LogP contribution in [0.2, 0.25) is 0 Å². The van der Waals surface area contributed by atoms with Crippen molar-refractivity contribution in [1.82, 2.24) is 4.57 Å². The fraction of sp³-hybridized carbons (Fsp3) is 0.308. The molecule has 0 spiro atoms. The number of nitriles is 1. The zero-order valence-electron chi connectivity index (χ0n) is 9.57. The predicted octanol–water partition coefficient (Wildman–Crippen LogP) is 2.97. The fourth-order valence-corrected chi connectivity index (χ4v) is 2.51. The summed E-state index contributed by atoms with van der Waals surface area (Å²) < 4.78 is 3.09. The highest BCUT2D eigenvalue weighted by Crippen LogP contribution is 2.29. The van der Waals surface area contributed by atoms with Gasteiger partial charge in [0, 0.05) is 34.7 Å². The van der Waals surface area contributed by atoms with Gasteiger partial charge in [0.15, 0.2) is 0 Å². The number of fused-ring (bicyclic) bond motifs is 1. The number of nitrogens with zero attached hydrogens (tertiary/aromatic N) is 2. The molecule has 0 saturated carbocycles. The Morgan fingerprint density at radius 2 is 2.24 bits per heavy atom. The normalized spacial score (nSPS) is 10.7. The van der Waals surface area contributed by atoms with Gasteiger partial charge in [0.2, 0.25) is 0 Å². The molecule has 1 N–H and O–H groups in total. The molecule has 2 aromatic rings. The third-order valence-corrected chi connectivity index (χ3v) is 3.49. The van der Waals surface area contributed by atoms with Gasteiger partial charge in [-0.2, -0.15) is 5.26 Å². The minimum absolute atomic E-state index is 0.187. The van der Waals surface area contributed by atoms with Crippen LogP contribution in [-0.4, -0.2) is 16.3 Å². The zero-order valence-corrected chi connectivity index (χ0v) is 11.2. The lowest BCUT2D eigenvalue weighted by Gasteiger charge is -2.05. The molecule has 0 aliphatic carbocycles. The van der Waals surface area contributed by atoms with Crippen LogP contribution < -0.4 is 0 Å². The maximum absolute atomic E-state index is 9.01. The molecule has 0 saturated heterocycles. The van der Waals surface area contributed by atoms with Gasteiger partial charge in [-0.3, -0.25) is 0 Å². The van der Waals surface area contributed by atoms with Gasteiger partial charge in [-0.25, -0.2) is 0 Å². The molecule has 1 aromatic carbocycles. The van der Waals surface area contributed by atoms with Crippen LogP contribution in [0.25, 0.3) is 10.9 Å². The number of aliphatic hydroxyl groups excluding tert-OH is 1. The van der Waals surface area contributed by atoms with E-state index in [1.165, 1.54) is 0 Å². The number of rotatable bonds is 3. The van der Waals surface area contributed by atoms with Crippen molar-refractivity contribution < 1.29 is 5.11 Å². The summed E-state index contributed by atoms with van der Waals surface area (Å²) in [5, 5.41) is 18.9. The average Bonchev–Trinajstić information content (AvgIpc) is 2.62. The first-order valence-electron chi connectivity index (χ1n) is 5.47. The second-order valence-electron chi connectivity index (χ2n) is 4.04. The summed E-state index contributed by atoms with van der Waals surface area (Å²) >= 11 is 3.50. The van der Waals surface area contributed by atoms with E-state index in [1.807, 2.05) is 25.3 Å². The van der Waals surface area contributed by atoms with Crippen molar-refractivity contribution in [1.29, 1.82) is 5.26 Å². The van der Waals surface area contributed by atoms with E-state index in [2.05, 4.69) is 26.6 Å². The second kappa shape index (κ2) is 4.91. The molecular weight excluding hydrogens is 280 g/mol. The SMILES string of the molecule is Cc1cc2c(cc1C#N)c(Br)cn2CCCO. The van der Waals surface area contributed by atoms with Crippen LogP contribution in [0.5, 0.6) is 0 Å². The van der Waals surface area contributed by atoms with Gasteiger partial charge < -0.3 is 9.67 Å². The molecule has 0 aliphatic heterocycles. The number of aliphatic hydroxyl groups is 1. The molecule has 1 heterocycles. The molecule has 0 bridgehead atoms. The van der Waals surface area contributed by atoms with Gasteiger partial charge in [0.25, 0.3) is 0 Å². The van der Waals surface area contributed by atoms with Crippen molar-refractivity contribution >= 4 is 26.8 Å². The Morgan fingerprint density at radius 3 is 2.88 bits per heavy atom. The number of aryl methyl sites for hydroxylation is 2. The highest BCUT2D eigenvalue weighted by molar-refractivity contribution is 9.10. The first-order chi connectivity index (χ1) is 8.17. The Hall–Kier alpha value is -1.31. The Bertz CT molecular complexity index is 595. The number of aromatic nitrogens is 1. The molecule has 0 atom stereocenters. The van der Waals surface area contributed by atoms with Crippen molar-refractivity contribution in [2.45, 2.75) is 19.9 Å². The standard InChI is InChI=1S/C13H13BrN2O/c1-9-5-13-11(6-10(9)7-15)12(14)8-16(13)3-2-4-17/h5-6,8,17H,2-4H2,1H3. The van der Waals surface area contributed by atoms with E-state index in [-0.39, 0.29) is 6.61 Å². The second-order valence-corrected chi connectivity index (χ2v) is 4.90. The molecule has 88 valence electrons. The third-order valence-electron chi connectivity index (χ3n) is 2.86. The molecule has 0 amide bonds. The van der Waals surface area contributed by atoms with Crippen LogP contribution in [0.3, 0.4) is 0 Å². The summed E-state index contributed by atoms with van der Waals surface area (Å²) in [6, 6.07) is 6.13. The van der Waals surface area contributed by atoms with E-state index in [0.29, 0.717) is 5.56 Å². The lowest BCUT2D eigenvalue weighted by Crippen LogP contribution is -1.98. The number of benzene rings is 1. The first kappa shape index (κ1) is 12.2. The topological polar surface area (TPSA) is 49.0 Å². The molecular formula is C13H13BrN2O. The van der Waals surface area contributed by atoms with E-state index in [4.69, 9.17) is 10.4 Å². The van der Waals surface area contributed by atoms with Crippen molar-refractivity contribution in [2.75, 3.05) is 6.61 Å². The summed E-state index contributed by atoms with van der Waals surface area (Å²) in [6.07, 6.45) is 2.73. The van der Waals surface area contributed by atoms with E-state index in [0.717, 1.165) is 33.9 Å². The minimum Gasteiger partial charge on any atom is -0.396 e. The lowest BCUT2D eigenvalue weighted by molar-refractivity contribution is 0.280. The molecule has 1 aromatic heterocycles. The molecule has 0 radical (unpaired) electrons. The molecule has 3 nitrogen and oxygen atoms in total. The summed E-state index contributed by atoms with van der Waals surface area (Å²) in [5.74, 6) is 0. The fourth-order valence-electron chi connectivity index (χ4n) is 1.94. The molecule has 0 aliphatic rings. The Morgan fingerprint density at radius 1 is 1.47 bits per heavy atom. The van der Waals surface area contributed by atoms with Crippen LogP contribution in [0.4, 0.5) is 0 Å². The molecule has 0 fully saturated rings. The number of hydrogen-bond donors (Lipinski definition) is 1. The average molecular weight is 293 g/mol. The molecule has 17 heavy (non-hydrogen) atoms. The van der Waals surface area contributed by atoms with Crippen molar-refractivity contribution in [3.8, 4) is 6.07 Å². The van der Waals surface area contributed by atoms with Gasteiger partial charge in [-0.1, -0.05) is 0 Å². The van der Waals surface area contributed by atoms with Crippen molar-refractivity contribution in [3.63, 3.8) is 0 Å². The minimum atomic E-state index is 0.187. The Kier molecular flexibility index (Phi) is 3.51. The monoisotopic (exact) mass is 292 g/mol. The summed E-state index contributed by atoms with van der Waals surface area (Å²) in [6.45, 7) is 2.91. The van der Waals surface area contributed by atoms with Crippen LogP contribution in [0, 0.1) is 18.3 Å². The number of hydrogen-bond acceptors (Lipinski definition) is 2. The van der Waals surface area contributed by atoms with Crippen LogP contribution >= 0.6 is 15.9 Å². The summed E-state index contributed by atoms with van der Waals surface area (Å²) in [7, 11) is 0. The quantitative estimate of drug-likeness (QED) is 0.945. The summed E-state index contributed by atoms with van der Waals surface area (Å²) in [4.78, 5) is 0. The largest absolute Gasteiger partial charge is 0.396 e. The van der Waals surface area contributed by atoms with E-state index >= 15 is 0 Å². The Balaban J connectivity index is 2.59. The highest BCUT2D eigenvalue weighted by Gasteiger charge is 2.09. The van der Waals surface area contributed by atoms with Gasteiger partial charge in [0.05, 0.1) is 11.6 Å². The Labute approximate surface area is 108 Å². The van der Waals surface area contributed by atoms with Gasteiger partial charge in [-0.05, 0) is 47.0 Å².